The zero-order valence-corrected chi connectivity index (χ0v) is 14.2. The summed E-state index contributed by atoms with van der Waals surface area (Å²) in [5.41, 5.74) is 3.12. The van der Waals surface area contributed by atoms with E-state index in [0.29, 0.717) is 17.8 Å². The summed E-state index contributed by atoms with van der Waals surface area (Å²) in [6, 6.07) is 8.82. The van der Waals surface area contributed by atoms with E-state index in [1.165, 1.54) is 37.7 Å². The Morgan fingerprint density at radius 3 is 2.67 bits per heavy atom. The highest BCUT2D eigenvalue weighted by Crippen LogP contribution is 2.31. The van der Waals surface area contributed by atoms with Gasteiger partial charge in [0.15, 0.2) is 0 Å². The first-order chi connectivity index (χ1) is 11.7. The molecule has 0 bridgehead atoms. The van der Waals surface area contributed by atoms with Crippen molar-refractivity contribution in [2.45, 2.75) is 52.0 Å². The van der Waals surface area contributed by atoms with Gasteiger partial charge in [-0.25, -0.2) is 4.98 Å². The van der Waals surface area contributed by atoms with Crippen LogP contribution in [-0.2, 0) is 0 Å². The Labute approximate surface area is 141 Å². The third-order valence-electron chi connectivity index (χ3n) is 4.76. The van der Waals surface area contributed by atoms with Gasteiger partial charge in [-0.05, 0) is 31.4 Å². The zero-order valence-electron chi connectivity index (χ0n) is 14.2. The van der Waals surface area contributed by atoms with Gasteiger partial charge in [-0.15, -0.1) is 0 Å². The summed E-state index contributed by atoms with van der Waals surface area (Å²) < 4.78 is 5.18. The van der Waals surface area contributed by atoms with Crippen LogP contribution >= 0.6 is 0 Å². The molecule has 0 aliphatic heterocycles. The van der Waals surface area contributed by atoms with Gasteiger partial charge in [0.2, 0.25) is 11.7 Å². The summed E-state index contributed by atoms with van der Waals surface area (Å²) in [4.78, 5) is 9.33. The smallest absolute Gasteiger partial charge is 0.223 e. The molecule has 0 amide bonds. The largest absolute Gasteiger partial charge is 0.367 e. The van der Waals surface area contributed by atoms with Crippen molar-refractivity contribution in [3.63, 3.8) is 0 Å². The van der Waals surface area contributed by atoms with Gasteiger partial charge in [0, 0.05) is 18.4 Å². The minimum Gasteiger partial charge on any atom is -0.367 e. The SMILES string of the molecule is Cc1nc(-c2cc3cccc(C)c3nc2NC2CCCCC2)no1. The Kier molecular flexibility index (Phi) is 3.92. The van der Waals surface area contributed by atoms with Crippen LogP contribution in [0.5, 0.6) is 0 Å². The third kappa shape index (κ3) is 2.86. The van der Waals surface area contributed by atoms with E-state index in [1.807, 2.05) is 6.92 Å². The molecule has 124 valence electrons. The molecule has 2 aromatic heterocycles. The molecule has 0 spiro atoms. The number of aryl methyl sites for hydroxylation is 2. The summed E-state index contributed by atoms with van der Waals surface area (Å²) in [5, 5.41) is 8.85. The van der Waals surface area contributed by atoms with Crippen LogP contribution in [0.25, 0.3) is 22.3 Å². The van der Waals surface area contributed by atoms with Crippen LogP contribution in [0.1, 0.15) is 43.6 Å². The number of para-hydroxylation sites is 1. The lowest BCUT2D eigenvalue weighted by atomic mass is 9.95. The molecule has 24 heavy (non-hydrogen) atoms. The molecule has 4 rings (SSSR count). The Morgan fingerprint density at radius 2 is 1.92 bits per heavy atom. The average molecular weight is 322 g/mol. The predicted octanol–water partition coefficient (Wildman–Crippen LogP) is 4.65. The van der Waals surface area contributed by atoms with Crippen molar-refractivity contribution in [2.75, 3.05) is 5.32 Å². The van der Waals surface area contributed by atoms with Crippen LogP contribution in [0.3, 0.4) is 0 Å². The van der Waals surface area contributed by atoms with Gasteiger partial charge in [-0.1, -0.05) is 42.6 Å². The monoisotopic (exact) mass is 322 g/mol. The van der Waals surface area contributed by atoms with Gasteiger partial charge in [0.05, 0.1) is 11.1 Å². The highest BCUT2D eigenvalue weighted by Gasteiger charge is 2.19. The van der Waals surface area contributed by atoms with Gasteiger partial charge in [0.25, 0.3) is 0 Å². The molecule has 0 atom stereocenters. The maximum Gasteiger partial charge on any atom is 0.223 e. The second-order valence-electron chi connectivity index (χ2n) is 6.65. The zero-order chi connectivity index (χ0) is 16.5. The van der Waals surface area contributed by atoms with E-state index in [0.717, 1.165) is 22.3 Å². The summed E-state index contributed by atoms with van der Waals surface area (Å²) >= 11 is 0. The molecule has 1 aliphatic carbocycles. The second kappa shape index (κ2) is 6.23. The fourth-order valence-electron chi connectivity index (χ4n) is 3.48. The molecule has 5 heteroatoms. The quantitative estimate of drug-likeness (QED) is 0.760. The lowest BCUT2D eigenvalue weighted by molar-refractivity contribution is 0.394. The number of nitrogens with one attached hydrogen (secondary N) is 1. The highest BCUT2D eigenvalue weighted by atomic mass is 16.5. The number of rotatable bonds is 3. The lowest BCUT2D eigenvalue weighted by Gasteiger charge is -2.24. The fraction of sp³-hybridized carbons (Fsp3) is 0.421. The van der Waals surface area contributed by atoms with E-state index in [2.05, 4.69) is 46.6 Å². The first kappa shape index (κ1) is 15.1. The maximum atomic E-state index is 5.18. The van der Waals surface area contributed by atoms with Crippen LogP contribution in [0.15, 0.2) is 28.8 Å². The number of hydrogen-bond donors (Lipinski definition) is 1. The fourth-order valence-corrected chi connectivity index (χ4v) is 3.48. The van der Waals surface area contributed by atoms with E-state index in [9.17, 15) is 0 Å². The standard InChI is InChI=1S/C19H22N4O/c1-12-7-6-8-14-11-16(19-20-13(2)24-23-19)18(22-17(12)14)21-15-9-4-3-5-10-15/h6-8,11,15H,3-5,9-10H2,1-2H3,(H,21,22). The van der Waals surface area contributed by atoms with Gasteiger partial charge < -0.3 is 9.84 Å². The number of fused-ring (bicyclic) bond motifs is 1. The summed E-state index contributed by atoms with van der Waals surface area (Å²) in [6.45, 7) is 3.90. The van der Waals surface area contributed by atoms with Crippen molar-refractivity contribution in [1.82, 2.24) is 15.1 Å². The van der Waals surface area contributed by atoms with Crippen LogP contribution in [-0.4, -0.2) is 21.2 Å². The van der Waals surface area contributed by atoms with Gasteiger partial charge in [-0.2, -0.15) is 4.98 Å². The van der Waals surface area contributed by atoms with Crippen molar-refractivity contribution >= 4 is 16.7 Å². The van der Waals surface area contributed by atoms with Gasteiger partial charge in [-0.3, -0.25) is 0 Å². The first-order valence-electron chi connectivity index (χ1n) is 8.68. The average Bonchev–Trinajstić information content (AvgIpc) is 3.02. The third-order valence-corrected chi connectivity index (χ3v) is 4.76. The lowest BCUT2D eigenvalue weighted by Crippen LogP contribution is -2.23. The first-order valence-corrected chi connectivity index (χ1v) is 8.68. The molecule has 1 fully saturated rings. The molecule has 1 aliphatic rings. The summed E-state index contributed by atoms with van der Waals surface area (Å²) in [7, 11) is 0. The van der Waals surface area contributed by atoms with Crippen LogP contribution in [0.2, 0.25) is 0 Å². The Morgan fingerprint density at radius 1 is 1.08 bits per heavy atom. The minimum absolute atomic E-state index is 0.472. The molecule has 5 nitrogen and oxygen atoms in total. The number of nitrogens with zero attached hydrogens (tertiary/aromatic N) is 3. The summed E-state index contributed by atoms with van der Waals surface area (Å²) in [5.74, 6) is 2.03. The highest BCUT2D eigenvalue weighted by molar-refractivity contribution is 5.89. The second-order valence-corrected chi connectivity index (χ2v) is 6.65. The minimum atomic E-state index is 0.472. The molecule has 1 N–H and O–H groups in total. The van der Waals surface area contributed by atoms with E-state index < -0.39 is 0 Å². The van der Waals surface area contributed by atoms with E-state index >= 15 is 0 Å². The Bertz CT molecular complexity index is 865. The van der Waals surface area contributed by atoms with Crippen LogP contribution < -0.4 is 5.32 Å². The number of aromatic nitrogens is 3. The molecule has 2 heterocycles. The number of pyridine rings is 1. The molecule has 0 saturated heterocycles. The van der Waals surface area contributed by atoms with Gasteiger partial charge >= 0.3 is 0 Å². The molecular weight excluding hydrogens is 300 g/mol. The number of benzene rings is 1. The van der Waals surface area contributed by atoms with Crippen molar-refractivity contribution in [3.8, 4) is 11.4 Å². The van der Waals surface area contributed by atoms with Gasteiger partial charge in [0.1, 0.15) is 5.82 Å². The van der Waals surface area contributed by atoms with Crippen LogP contribution in [0.4, 0.5) is 5.82 Å². The molecule has 0 unspecified atom stereocenters. The van der Waals surface area contributed by atoms with E-state index in [-0.39, 0.29) is 0 Å². The molecular formula is C19H22N4O. The van der Waals surface area contributed by atoms with Crippen LogP contribution in [0, 0.1) is 13.8 Å². The van der Waals surface area contributed by atoms with Crippen molar-refractivity contribution in [1.29, 1.82) is 0 Å². The molecule has 1 saturated carbocycles. The Hall–Kier alpha value is -2.43. The predicted molar refractivity (Wildman–Crippen MR) is 95.0 cm³/mol. The topological polar surface area (TPSA) is 63.8 Å². The van der Waals surface area contributed by atoms with Crippen molar-refractivity contribution in [3.05, 3.63) is 35.7 Å². The molecule has 0 radical (unpaired) electrons. The number of hydrogen-bond acceptors (Lipinski definition) is 5. The Balaban J connectivity index is 1.82. The van der Waals surface area contributed by atoms with Crippen molar-refractivity contribution in [2.24, 2.45) is 0 Å². The normalized spacial score (nSPS) is 15.8. The van der Waals surface area contributed by atoms with E-state index in [1.54, 1.807) is 0 Å². The van der Waals surface area contributed by atoms with E-state index in [4.69, 9.17) is 9.51 Å². The molecule has 1 aromatic carbocycles. The summed E-state index contributed by atoms with van der Waals surface area (Å²) in [6.07, 6.45) is 6.28. The molecule has 3 aromatic rings. The maximum absolute atomic E-state index is 5.18. The number of anilines is 1. The van der Waals surface area contributed by atoms with Crippen molar-refractivity contribution < 1.29 is 4.52 Å².